The second-order valence-electron chi connectivity index (χ2n) is 3.00. The fourth-order valence-corrected chi connectivity index (χ4v) is 1.36. The lowest BCUT2D eigenvalue weighted by atomic mass is 10.1. The summed E-state index contributed by atoms with van der Waals surface area (Å²) < 4.78 is 13.2. The highest BCUT2D eigenvalue weighted by atomic mass is 19.1. The van der Waals surface area contributed by atoms with E-state index in [1.807, 2.05) is 7.05 Å². The highest BCUT2D eigenvalue weighted by molar-refractivity contribution is 5.11. The van der Waals surface area contributed by atoms with Crippen LogP contribution in [-0.2, 0) is 0 Å². The van der Waals surface area contributed by atoms with Crippen LogP contribution in [0.3, 0.4) is 0 Å². The maximum absolute atomic E-state index is 13.2. The summed E-state index contributed by atoms with van der Waals surface area (Å²) in [6, 6.07) is 3.09. The molecule has 1 aromatic rings. The minimum atomic E-state index is -0.227. The van der Waals surface area contributed by atoms with Crippen molar-refractivity contribution in [1.29, 1.82) is 0 Å². The normalized spacial score (nSPS) is 12.8. The van der Waals surface area contributed by atoms with Gasteiger partial charge in [-0.3, -0.25) is 4.98 Å². The highest BCUT2D eigenvalue weighted by Gasteiger charge is 2.13. The molecule has 0 fully saturated rings. The molecule has 1 aromatic heterocycles. The molecule has 72 valence electrons. The van der Waals surface area contributed by atoms with Crippen molar-refractivity contribution in [2.24, 2.45) is 0 Å². The zero-order chi connectivity index (χ0) is 9.68. The van der Waals surface area contributed by atoms with Gasteiger partial charge in [-0.05, 0) is 25.6 Å². The van der Waals surface area contributed by atoms with Gasteiger partial charge in [-0.2, -0.15) is 0 Å². The Morgan fingerprint density at radius 3 is 2.92 bits per heavy atom. The first-order chi connectivity index (χ1) is 6.29. The van der Waals surface area contributed by atoms with Gasteiger partial charge < -0.3 is 5.32 Å². The summed E-state index contributed by atoms with van der Waals surface area (Å²) in [6.45, 7) is 2.07. The van der Waals surface area contributed by atoms with Crippen LogP contribution in [-0.4, -0.2) is 12.0 Å². The molecule has 3 heteroatoms. The average Bonchev–Trinajstić information content (AvgIpc) is 2.16. The fraction of sp³-hybridized carbons (Fsp3) is 0.500. The number of pyridine rings is 1. The van der Waals surface area contributed by atoms with Gasteiger partial charge in [0.15, 0.2) is 0 Å². The van der Waals surface area contributed by atoms with Crippen molar-refractivity contribution in [3.8, 4) is 0 Å². The van der Waals surface area contributed by atoms with Crippen molar-refractivity contribution in [3.05, 3.63) is 29.8 Å². The standard InChI is InChI=1S/C10H15FN2/c1-3-5-9(12-2)10-8(11)6-4-7-13-10/h4,6-7,9,12H,3,5H2,1-2H3. The smallest absolute Gasteiger partial charge is 0.146 e. The zero-order valence-corrected chi connectivity index (χ0v) is 8.05. The first-order valence-corrected chi connectivity index (χ1v) is 4.57. The van der Waals surface area contributed by atoms with Crippen molar-refractivity contribution < 1.29 is 4.39 Å². The lowest BCUT2D eigenvalue weighted by Crippen LogP contribution is -2.18. The van der Waals surface area contributed by atoms with Crippen LogP contribution >= 0.6 is 0 Å². The van der Waals surface area contributed by atoms with E-state index in [0.29, 0.717) is 5.69 Å². The summed E-state index contributed by atoms with van der Waals surface area (Å²) in [5.41, 5.74) is 0.520. The SMILES string of the molecule is CCCC(NC)c1ncccc1F. The molecule has 2 nitrogen and oxygen atoms in total. The Hall–Kier alpha value is -0.960. The first kappa shape index (κ1) is 10.1. The van der Waals surface area contributed by atoms with Crippen molar-refractivity contribution in [3.63, 3.8) is 0 Å². The number of rotatable bonds is 4. The van der Waals surface area contributed by atoms with Gasteiger partial charge in [-0.1, -0.05) is 13.3 Å². The van der Waals surface area contributed by atoms with E-state index in [1.165, 1.54) is 6.07 Å². The molecule has 13 heavy (non-hydrogen) atoms. The van der Waals surface area contributed by atoms with Crippen LogP contribution in [0.15, 0.2) is 18.3 Å². The second kappa shape index (κ2) is 4.92. The van der Waals surface area contributed by atoms with Crippen molar-refractivity contribution >= 4 is 0 Å². The van der Waals surface area contributed by atoms with Crippen LogP contribution in [0.25, 0.3) is 0 Å². The molecule has 1 N–H and O–H groups in total. The number of halogens is 1. The molecule has 0 saturated heterocycles. The number of nitrogens with zero attached hydrogens (tertiary/aromatic N) is 1. The van der Waals surface area contributed by atoms with Gasteiger partial charge in [0, 0.05) is 6.20 Å². The summed E-state index contributed by atoms with van der Waals surface area (Å²) >= 11 is 0. The molecular weight excluding hydrogens is 167 g/mol. The Morgan fingerprint density at radius 1 is 1.62 bits per heavy atom. The molecule has 1 unspecified atom stereocenters. The Morgan fingerprint density at radius 2 is 2.38 bits per heavy atom. The van der Waals surface area contributed by atoms with E-state index in [1.54, 1.807) is 12.3 Å². The van der Waals surface area contributed by atoms with E-state index in [4.69, 9.17) is 0 Å². The molecule has 0 amide bonds. The molecule has 0 spiro atoms. The van der Waals surface area contributed by atoms with Crippen molar-refractivity contribution in [1.82, 2.24) is 10.3 Å². The average molecular weight is 182 g/mol. The van der Waals surface area contributed by atoms with E-state index in [9.17, 15) is 4.39 Å². The molecule has 1 atom stereocenters. The summed E-state index contributed by atoms with van der Waals surface area (Å²) in [5.74, 6) is -0.227. The third-order valence-corrected chi connectivity index (χ3v) is 2.04. The Labute approximate surface area is 78.2 Å². The lowest BCUT2D eigenvalue weighted by molar-refractivity contribution is 0.488. The predicted molar refractivity (Wildman–Crippen MR) is 50.9 cm³/mol. The van der Waals surface area contributed by atoms with Crippen LogP contribution in [0.5, 0.6) is 0 Å². The molecule has 0 aliphatic heterocycles. The highest BCUT2D eigenvalue weighted by Crippen LogP contribution is 2.17. The van der Waals surface area contributed by atoms with E-state index >= 15 is 0 Å². The molecule has 0 aliphatic rings. The van der Waals surface area contributed by atoms with Gasteiger partial charge in [-0.15, -0.1) is 0 Å². The minimum Gasteiger partial charge on any atom is -0.312 e. The van der Waals surface area contributed by atoms with Crippen LogP contribution < -0.4 is 5.32 Å². The molecule has 0 bridgehead atoms. The maximum Gasteiger partial charge on any atom is 0.146 e. The van der Waals surface area contributed by atoms with E-state index in [-0.39, 0.29) is 11.9 Å². The number of hydrogen-bond acceptors (Lipinski definition) is 2. The third kappa shape index (κ3) is 2.49. The Kier molecular flexibility index (Phi) is 3.83. The Bertz CT molecular complexity index is 263. The minimum absolute atomic E-state index is 0.0335. The zero-order valence-electron chi connectivity index (χ0n) is 8.05. The number of hydrogen-bond donors (Lipinski definition) is 1. The van der Waals surface area contributed by atoms with Gasteiger partial charge >= 0.3 is 0 Å². The third-order valence-electron chi connectivity index (χ3n) is 2.04. The number of nitrogens with one attached hydrogen (secondary N) is 1. The van der Waals surface area contributed by atoms with Gasteiger partial charge in [-0.25, -0.2) is 4.39 Å². The first-order valence-electron chi connectivity index (χ1n) is 4.57. The number of aromatic nitrogens is 1. The summed E-state index contributed by atoms with van der Waals surface area (Å²) in [6.07, 6.45) is 3.55. The molecule has 1 rings (SSSR count). The fourth-order valence-electron chi connectivity index (χ4n) is 1.36. The van der Waals surface area contributed by atoms with Gasteiger partial charge in [0.1, 0.15) is 5.82 Å². The molecule has 0 aliphatic carbocycles. The Balaban J connectivity index is 2.84. The van der Waals surface area contributed by atoms with Gasteiger partial charge in [0.25, 0.3) is 0 Å². The largest absolute Gasteiger partial charge is 0.312 e. The van der Waals surface area contributed by atoms with Crippen molar-refractivity contribution in [2.45, 2.75) is 25.8 Å². The van der Waals surface area contributed by atoms with Crippen LogP contribution in [0, 0.1) is 5.82 Å². The predicted octanol–water partition coefficient (Wildman–Crippen LogP) is 2.28. The van der Waals surface area contributed by atoms with Crippen molar-refractivity contribution in [2.75, 3.05) is 7.05 Å². The van der Waals surface area contributed by atoms with E-state index < -0.39 is 0 Å². The lowest BCUT2D eigenvalue weighted by Gasteiger charge is -2.14. The van der Waals surface area contributed by atoms with E-state index in [0.717, 1.165) is 12.8 Å². The summed E-state index contributed by atoms with van der Waals surface area (Å²) in [7, 11) is 1.83. The van der Waals surface area contributed by atoms with Gasteiger partial charge in [0.2, 0.25) is 0 Å². The molecule has 0 aromatic carbocycles. The monoisotopic (exact) mass is 182 g/mol. The maximum atomic E-state index is 13.2. The van der Waals surface area contributed by atoms with Crippen LogP contribution in [0.4, 0.5) is 4.39 Å². The second-order valence-corrected chi connectivity index (χ2v) is 3.00. The molecule has 1 heterocycles. The van der Waals surface area contributed by atoms with E-state index in [2.05, 4.69) is 17.2 Å². The molecule has 0 radical (unpaired) electrons. The molecule has 0 saturated carbocycles. The topological polar surface area (TPSA) is 24.9 Å². The quantitative estimate of drug-likeness (QED) is 0.772. The van der Waals surface area contributed by atoms with Gasteiger partial charge in [0.05, 0.1) is 11.7 Å². The summed E-state index contributed by atoms with van der Waals surface area (Å²) in [5, 5.41) is 3.06. The summed E-state index contributed by atoms with van der Waals surface area (Å²) in [4.78, 5) is 4.03. The van der Waals surface area contributed by atoms with Crippen LogP contribution in [0.1, 0.15) is 31.5 Å². The molecular formula is C10H15FN2. The van der Waals surface area contributed by atoms with Crippen LogP contribution in [0.2, 0.25) is 0 Å².